The summed E-state index contributed by atoms with van der Waals surface area (Å²) < 4.78 is 12.3. The highest BCUT2D eigenvalue weighted by molar-refractivity contribution is 9.10. The molecule has 1 amide bonds. The van der Waals surface area contributed by atoms with E-state index in [4.69, 9.17) is 9.47 Å². The van der Waals surface area contributed by atoms with Crippen LogP contribution in [0.15, 0.2) is 46.0 Å². The van der Waals surface area contributed by atoms with Gasteiger partial charge in [0, 0.05) is 10.0 Å². The fourth-order valence-corrected chi connectivity index (χ4v) is 2.94. The van der Waals surface area contributed by atoms with Gasteiger partial charge in [-0.25, -0.2) is 5.43 Å². The van der Waals surface area contributed by atoms with Crippen molar-refractivity contribution in [2.75, 3.05) is 13.2 Å². The van der Waals surface area contributed by atoms with Crippen molar-refractivity contribution in [3.63, 3.8) is 0 Å². The number of amides is 1. The van der Waals surface area contributed by atoms with Gasteiger partial charge in [-0.05, 0) is 54.7 Å². The Hall–Kier alpha value is -2.34. The molecule has 0 aliphatic heterocycles. The molecule has 5 nitrogen and oxygen atoms in total. The highest BCUT2D eigenvalue weighted by Gasteiger charge is 2.10. The molecule has 1 N–H and O–H groups in total. The number of rotatable bonds is 9. The van der Waals surface area contributed by atoms with Gasteiger partial charge in [-0.1, -0.05) is 48.8 Å². The van der Waals surface area contributed by atoms with E-state index in [0.717, 1.165) is 39.1 Å². The van der Waals surface area contributed by atoms with Gasteiger partial charge in [-0.2, -0.15) is 5.10 Å². The van der Waals surface area contributed by atoms with Crippen LogP contribution in [0.4, 0.5) is 0 Å². The van der Waals surface area contributed by atoms with Crippen molar-refractivity contribution in [1.82, 2.24) is 5.43 Å². The highest BCUT2D eigenvalue weighted by atomic mass is 79.9. The Morgan fingerprint density at radius 1 is 1.18 bits per heavy atom. The van der Waals surface area contributed by atoms with E-state index < -0.39 is 0 Å². The van der Waals surface area contributed by atoms with Crippen LogP contribution in [0.3, 0.4) is 0 Å². The third-order valence-corrected chi connectivity index (χ3v) is 4.47. The number of carbonyl (C=O) groups excluding carboxylic acids is 1. The van der Waals surface area contributed by atoms with Crippen molar-refractivity contribution in [3.05, 3.63) is 57.6 Å². The molecule has 0 aromatic heterocycles. The second-order valence-corrected chi connectivity index (χ2v) is 7.72. The van der Waals surface area contributed by atoms with Crippen molar-refractivity contribution in [1.29, 1.82) is 0 Å². The molecule has 0 aliphatic rings. The molecule has 0 radical (unpaired) electrons. The molecule has 0 aliphatic carbocycles. The topological polar surface area (TPSA) is 59.9 Å². The molecule has 0 spiro atoms. The van der Waals surface area contributed by atoms with Crippen LogP contribution in [0.5, 0.6) is 11.5 Å². The van der Waals surface area contributed by atoms with Gasteiger partial charge in [0.05, 0.1) is 12.8 Å². The Kier molecular flexibility index (Phi) is 8.51. The van der Waals surface area contributed by atoms with Crippen LogP contribution in [0, 0.1) is 6.92 Å². The lowest BCUT2D eigenvalue weighted by Crippen LogP contribution is -2.25. The molecule has 0 bridgehead atoms. The van der Waals surface area contributed by atoms with E-state index in [0.29, 0.717) is 12.5 Å². The van der Waals surface area contributed by atoms with Gasteiger partial charge in [0.1, 0.15) is 11.5 Å². The van der Waals surface area contributed by atoms with Gasteiger partial charge in [0.25, 0.3) is 5.91 Å². The third kappa shape index (κ3) is 6.68. The maximum absolute atomic E-state index is 12.1. The molecular formula is C22H27BrN2O3. The Bertz CT molecular complexity index is 835. The maximum Gasteiger partial charge on any atom is 0.277 e. The van der Waals surface area contributed by atoms with E-state index >= 15 is 0 Å². The number of hydrogen-bond acceptors (Lipinski definition) is 4. The van der Waals surface area contributed by atoms with Crippen LogP contribution in [-0.2, 0) is 4.79 Å². The Balaban J connectivity index is 1.96. The van der Waals surface area contributed by atoms with Gasteiger partial charge in [-0.15, -0.1) is 0 Å². The Morgan fingerprint density at radius 2 is 1.96 bits per heavy atom. The largest absolute Gasteiger partial charge is 0.493 e. The number of benzene rings is 2. The van der Waals surface area contributed by atoms with E-state index in [2.05, 4.69) is 40.3 Å². The van der Waals surface area contributed by atoms with Crippen LogP contribution in [0.1, 0.15) is 49.8 Å². The zero-order chi connectivity index (χ0) is 20.5. The summed E-state index contributed by atoms with van der Waals surface area (Å²) in [6, 6.07) is 11.7. The van der Waals surface area contributed by atoms with Gasteiger partial charge >= 0.3 is 0 Å². The first-order chi connectivity index (χ1) is 13.4. The van der Waals surface area contributed by atoms with Crippen molar-refractivity contribution in [3.8, 4) is 11.5 Å². The molecule has 0 heterocycles. The van der Waals surface area contributed by atoms with Gasteiger partial charge in [-0.3, -0.25) is 4.79 Å². The standard InChI is InChI=1S/C22H27BrN2O3/c1-5-10-27-20-9-7-18(23)12-17(20)13-24-25-22(26)14-28-21-11-16(4)6-8-19(21)15(2)3/h6-9,11-13,15H,5,10,14H2,1-4H3,(H,25,26). The monoisotopic (exact) mass is 446 g/mol. The predicted molar refractivity (Wildman–Crippen MR) is 116 cm³/mol. The normalized spacial score (nSPS) is 11.1. The highest BCUT2D eigenvalue weighted by Crippen LogP contribution is 2.27. The quantitative estimate of drug-likeness (QED) is 0.425. The molecule has 150 valence electrons. The predicted octanol–water partition coefficient (Wildman–Crippen LogP) is 5.20. The molecule has 0 fully saturated rings. The third-order valence-electron chi connectivity index (χ3n) is 3.98. The summed E-state index contributed by atoms with van der Waals surface area (Å²) >= 11 is 3.44. The van der Waals surface area contributed by atoms with E-state index in [1.165, 1.54) is 0 Å². The lowest BCUT2D eigenvalue weighted by molar-refractivity contribution is -0.123. The first-order valence-electron chi connectivity index (χ1n) is 9.38. The van der Waals surface area contributed by atoms with Crippen LogP contribution < -0.4 is 14.9 Å². The number of carbonyl (C=O) groups is 1. The minimum absolute atomic E-state index is 0.0990. The molecule has 0 saturated carbocycles. The fraction of sp³-hybridized carbons (Fsp3) is 0.364. The average Bonchev–Trinajstić information content (AvgIpc) is 2.65. The number of nitrogens with one attached hydrogen (secondary N) is 1. The number of aryl methyl sites for hydroxylation is 1. The average molecular weight is 447 g/mol. The van der Waals surface area contributed by atoms with E-state index in [1.54, 1.807) is 6.21 Å². The minimum Gasteiger partial charge on any atom is -0.493 e. The van der Waals surface area contributed by atoms with Crippen LogP contribution in [-0.4, -0.2) is 25.3 Å². The molecule has 2 rings (SSSR count). The summed E-state index contributed by atoms with van der Waals surface area (Å²) in [4.78, 5) is 12.1. The molecule has 0 atom stereocenters. The maximum atomic E-state index is 12.1. The second kappa shape index (κ2) is 10.9. The summed E-state index contributed by atoms with van der Waals surface area (Å²) in [6.07, 6.45) is 2.48. The zero-order valence-electron chi connectivity index (χ0n) is 16.8. The summed E-state index contributed by atoms with van der Waals surface area (Å²) in [5.74, 6) is 1.45. The van der Waals surface area contributed by atoms with Crippen LogP contribution >= 0.6 is 15.9 Å². The molecule has 6 heteroatoms. The minimum atomic E-state index is -0.321. The van der Waals surface area contributed by atoms with Crippen molar-refractivity contribution in [2.45, 2.75) is 40.0 Å². The summed E-state index contributed by atoms with van der Waals surface area (Å²) in [5, 5.41) is 4.03. The molecule has 28 heavy (non-hydrogen) atoms. The van der Waals surface area contributed by atoms with Crippen LogP contribution in [0.2, 0.25) is 0 Å². The first-order valence-corrected chi connectivity index (χ1v) is 10.2. The van der Waals surface area contributed by atoms with Crippen LogP contribution in [0.25, 0.3) is 0 Å². The van der Waals surface area contributed by atoms with Crippen molar-refractivity contribution >= 4 is 28.1 Å². The Morgan fingerprint density at radius 3 is 2.68 bits per heavy atom. The molecule has 0 unspecified atom stereocenters. The Labute approximate surface area is 175 Å². The fourth-order valence-electron chi connectivity index (χ4n) is 2.56. The van der Waals surface area contributed by atoms with Crippen molar-refractivity contribution in [2.24, 2.45) is 5.10 Å². The molecular weight excluding hydrogens is 420 g/mol. The summed E-state index contributed by atoms with van der Waals surface area (Å²) in [6.45, 7) is 8.76. The van der Waals surface area contributed by atoms with Gasteiger partial charge in [0.15, 0.2) is 6.61 Å². The lowest BCUT2D eigenvalue weighted by atomic mass is 10.0. The summed E-state index contributed by atoms with van der Waals surface area (Å²) in [5.41, 5.74) is 5.45. The smallest absolute Gasteiger partial charge is 0.277 e. The van der Waals surface area contributed by atoms with E-state index in [9.17, 15) is 4.79 Å². The molecule has 2 aromatic carbocycles. The van der Waals surface area contributed by atoms with E-state index in [-0.39, 0.29) is 12.5 Å². The van der Waals surface area contributed by atoms with Gasteiger partial charge < -0.3 is 9.47 Å². The number of halogens is 1. The number of nitrogens with zero attached hydrogens (tertiary/aromatic N) is 1. The van der Waals surface area contributed by atoms with E-state index in [1.807, 2.05) is 50.2 Å². The molecule has 2 aromatic rings. The number of hydrazone groups is 1. The SMILES string of the molecule is CCCOc1ccc(Br)cc1C=NNC(=O)COc1cc(C)ccc1C(C)C. The second-order valence-electron chi connectivity index (χ2n) is 6.81. The first kappa shape index (κ1) is 22.0. The number of ether oxygens (including phenoxy) is 2. The summed E-state index contributed by atoms with van der Waals surface area (Å²) in [7, 11) is 0. The van der Waals surface area contributed by atoms with Gasteiger partial charge in [0.2, 0.25) is 0 Å². The van der Waals surface area contributed by atoms with Crippen molar-refractivity contribution < 1.29 is 14.3 Å². The zero-order valence-corrected chi connectivity index (χ0v) is 18.4. The lowest BCUT2D eigenvalue weighted by Gasteiger charge is -2.14. The number of hydrogen-bond donors (Lipinski definition) is 1. The molecule has 0 saturated heterocycles.